The Bertz CT molecular complexity index is 1970. The van der Waals surface area contributed by atoms with E-state index in [0.717, 1.165) is 21.0 Å². The first-order chi connectivity index (χ1) is 22.9. The van der Waals surface area contributed by atoms with Gasteiger partial charge in [-0.3, -0.25) is 19.0 Å². The van der Waals surface area contributed by atoms with Crippen molar-refractivity contribution in [2.45, 2.75) is 49.7 Å². The summed E-state index contributed by atoms with van der Waals surface area (Å²) in [5.74, 6) is -1.07. The predicted octanol–water partition coefficient (Wildman–Crippen LogP) is 3.69. The second-order valence-corrected chi connectivity index (χ2v) is 14.5. The van der Waals surface area contributed by atoms with Crippen molar-refractivity contribution in [3.63, 3.8) is 0 Å². The van der Waals surface area contributed by atoms with E-state index in [0.29, 0.717) is 18.5 Å². The summed E-state index contributed by atoms with van der Waals surface area (Å²) in [7, 11) is -4.35. The number of sulfonamides is 1. The molecule has 0 unspecified atom stereocenters. The van der Waals surface area contributed by atoms with Gasteiger partial charge in [0.1, 0.15) is 17.9 Å². The average Bonchev–Trinajstić information content (AvgIpc) is 3.77. The van der Waals surface area contributed by atoms with E-state index < -0.39 is 33.4 Å². The highest BCUT2D eigenvalue weighted by atomic mass is 35.5. The molecule has 3 amide bonds. The van der Waals surface area contributed by atoms with Gasteiger partial charge in [0.2, 0.25) is 17.8 Å². The molecule has 2 N–H and O–H groups in total. The molecule has 250 valence electrons. The molecule has 2 aromatic carbocycles. The van der Waals surface area contributed by atoms with Crippen LogP contribution in [0.3, 0.4) is 0 Å². The number of imidazole rings is 1. The van der Waals surface area contributed by atoms with E-state index in [1.807, 2.05) is 24.3 Å². The number of hydrogen-bond donors (Lipinski definition) is 2. The highest BCUT2D eigenvalue weighted by Crippen LogP contribution is 2.45. The Morgan fingerprint density at radius 1 is 0.979 bits per heavy atom. The number of rotatable bonds is 10. The SMILES string of the molecule is CC(=O)NCCNC(=O)[C@@H]1CCCN1S(=O)(=O)c1cnc2n1[C@](C)(Cc1ccc(-c3cncnc3)cc1)C(=O)N2c1cc(Cl)cc(Cl)c1. The maximum absolute atomic E-state index is 14.5. The third-order valence-electron chi connectivity index (χ3n) is 8.45. The van der Waals surface area contributed by atoms with E-state index in [1.165, 1.54) is 35.0 Å². The van der Waals surface area contributed by atoms with Gasteiger partial charge >= 0.3 is 0 Å². The van der Waals surface area contributed by atoms with Gasteiger partial charge in [-0.1, -0.05) is 47.5 Å². The Kier molecular flexibility index (Phi) is 9.27. The maximum Gasteiger partial charge on any atom is 0.261 e. The minimum atomic E-state index is -4.35. The first-order valence-corrected chi connectivity index (χ1v) is 17.4. The molecule has 4 aromatic rings. The summed E-state index contributed by atoms with van der Waals surface area (Å²) in [6.07, 6.45) is 6.95. The second-order valence-electron chi connectivity index (χ2n) is 11.8. The Balaban J connectivity index is 1.38. The van der Waals surface area contributed by atoms with Gasteiger partial charge in [-0.05, 0) is 49.1 Å². The number of nitrogens with one attached hydrogen (secondary N) is 2. The molecular formula is C32H32Cl2N8O5S. The van der Waals surface area contributed by atoms with E-state index in [4.69, 9.17) is 23.2 Å². The lowest BCUT2D eigenvalue weighted by Crippen LogP contribution is -2.48. The minimum Gasteiger partial charge on any atom is -0.355 e. The Labute approximate surface area is 287 Å². The maximum atomic E-state index is 14.5. The summed E-state index contributed by atoms with van der Waals surface area (Å²) >= 11 is 12.6. The van der Waals surface area contributed by atoms with Gasteiger partial charge in [-0.25, -0.2) is 28.3 Å². The average molecular weight is 712 g/mol. The second kappa shape index (κ2) is 13.3. The van der Waals surface area contributed by atoms with Gasteiger partial charge < -0.3 is 10.6 Å². The van der Waals surface area contributed by atoms with Crippen LogP contribution in [-0.2, 0) is 36.4 Å². The van der Waals surface area contributed by atoms with Crippen molar-refractivity contribution < 1.29 is 22.8 Å². The fourth-order valence-electron chi connectivity index (χ4n) is 6.23. The zero-order valence-electron chi connectivity index (χ0n) is 26.1. The third-order valence-corrected chi connectivity index (χ3v) is 10.8. The number of anilines is 2. The monoisotopic (exact) mass is 710 g/mol. The fraction of sp³-hybridized carbons (Fsp3) is 0.312. The molecular weight excluding hydrogens is 679 g/mol. The molecule has 4 heterocycles. The summed E-state index contributed by atoms with van der Waals surface area (Å²) in [5.41, 5.74) is 1.32. The summed E-state index contributed by atoms with van der Waals surface area (Å²) in [4.78, 5) is 52.8. The number of halogens is 2. The molecule has 48 heavy (non-hydrogen) atoms. The molecule has 1 fully saturated rings. The van der Waals surface area contributed by atoms with Crippen LogP contribution in [0.5, 0.6) is 0 Å². The number of nitrogens with zero attached hydrogens (tertiary/aromatic N) is 6. The summed E-state index contributed by atoms with van der Waals surface area (Å²) < 4.78 is 31.5. The molecule has 2 aliphatic rings. The van der Waals surface area contributed by atoms with Gasteiger partial charge in [-0.15, -0.1) is 0 Å². The van der Waals surface area contributed by atoms with Crippen LogP contribution in [0.15, 0.2) is 72.4 Å². The van der Waals surface area contributed by atoms with Crippen LogP contribution < -0.4 is 15.5 Å². The Morgan fingerprint density at radius 3 is 2.31 bits per heavy atom. The molecule has 2 aliphatic heterocycles. The topological polar surface area (TPSA) is 159 Å². The van der Waals surface area contributed by atoms with E-state index in [9.17, 15) is 22.8 Å². The third kappa shape index (κ3) is 6.28. The van der Waals surface area contributed by atoms with Crippen molar-refractivity contribution >= 4 is 62.6 Å². The Morgan fingerprint density at radius 2 is 1.65 bits per heavy atom. The van der Waals surface area contributed by atoms with Gasteiger partial charge in [0.05, 0.1) is 11.9 Å². The largest absolute Gasteiger partial charge is 0.355 e. The molecule has 2 atom stereocenters. The van der Waals surface area contributed by atoms with E-state index in [1.54, 1.807) is 31.5 Å². The normalized spacial score (nSPS) is 19.4. The number of benzene rings is 2. The lowest BCUT2D eigenvalue weighted by molar-refractivity contribution is -0.125. The molecule has 0 bridgehead atoms. The van der Waals surface area contributed by atoms with Gasteiger partial charge in [-0.2, -0.15) is 4.31 Å². The first-order valence-electron chi connectivity index (χ1n) is 15.2. The smallest absolute Gasteiger partial charge is 0.261 e. The number of carbonyl (C=O) groups excluding carboxylic acids is 3. The van der Waals surface area contributed by atoms with Crippen molar-refractivity contribution in [2.24, 2.45) is 0 Å². The molecule has 0 saturated carbocycles. The van der Waals surface area contributed by atoms with Gasteiger partial charge in [0.15, 0.2) is 5.03 Å². The Hall–Kier alpha value is -4.37. The quantitative estimate of drug-likeness (QED) is 0.236. The van der Waals surface area contributed by atoms with Crippen LogP contribution in [0.2, 0.25) is 10.0 Å². The molecule has 6 rings (SSSR count). The van der Waals surface area contributed by atoms with Crippen LogP contribution in [-0.4, -0.2) is 75.6 Å². The first kappa shape index (κ1) is 33.5. The lowest BCUT2D eigenvalue weighted by atomic mass is 9.91. The molecule has 13 nitrogen and oxygen atoms in total. The van der Waals surface area contributed by atoms with Crippen LogP contribution in [0.25, 0.3) is 11.1 Å². The van der Waals surface area contributed by atoms with Crippen molar-refractivity contribution in [3.05, 3.63) is 83.0 Å². The summed E-state index contributed by atoms with van der Waals surface area (Å²) in [6, 6.07) is 11.2. The number of hydrogen-bond acceptors (Lipinski definition) is 8. The number of carbonyl (C=O) groups is 3. The molecule has 2 aromatic heterocycles. The van der Waals surface area contributed by atoms with Gasteiger partial charge in [0.25, 0.3) is 15.9 Å². The minimum absolute atomic E-state index is 0.0768. The number of amides is 3. The molecule has 16 heteroatoms. The molecule has 1 saturated heterocycles. The molecule has 0 spiro atoms. The predicted molar refractivity (Wildman–Crippen MR) is 179 cm³/mol. The highest BCUT2D eigenvalue weighted by Gasteiger charge is 2.53. The van der Waals surface area contributed by atoms with E-state index in [-0.39, 0.29) is 53.0 Å². The van der Waals surface area contributed by atoms with Gasteiger partial charge in [0, 0.05) is 61.0 Å². The van der Waals surface area contributed by atoms with Crippen molar-refractivity contribution in [2.75, 3.05) is 24.5 Å². The van der Waals surface area contributed by atoms with Crippen molar-refractivity contribution in [3.8, 4) is 11.1 Å². The lowest BCUT2D eigenvalue weighted by Gasteiger charge is -2.29. The summed E-state index contributed by atoms with van der Waals surface area (Å²) in [6.45, 7) is 3.49. The van der Waals surface area contributed by atoms with Crippen molar-refractivity contribution in [1.29, 1.82) is 0 Å². The highest BCUT2D eigenvalue weighted by molar-refractivity contribution is 7.89. The summed E-state index contributed by atoms with van der Waals surface area (Å²) in [5, 5.41) is 5.66. The zero-order chi connectivity index (χ0) is 34.2. The van der Waals surface area contributed by atoms with Crippen LogP contribution in [0, 0.1) is 0 Å². The van der Waals surface area contributed by atoms with Crippen LogP contribution in [0.1, 0.15) is 32.3 Å². The van der Waals surface area contributed by atoms with Crippen LogP contribution >= 0.6 is 23.2 Å². The molecule has 0 radical (unpaired) electrons. The zero-order valence-corrected chi connectivity index (χ0v) is 28.4. The van der Waals surface area contributed by atoms with E-state index >= 15 is 0 Å². The standard InChI is InChI=1S/C32H32Cl2N8O5S/c1-20(43)37-9-10-38-29(44)27-4-3-11-40(27)48(46,47)28-18-39-31-41(26-13-24(33)12-25(34)14-26)30(45)32(2,42(28)31)15-21-5-7-22(8-6-21)23-16-35-19-36-17-23/h5-8,12-14,16-19,27H,3-4,9-11,15H2,1-2H3,(H,37,43)(H,38,44)/t27-,32+/m0/s1. The van der Waals surface area contributed by atoms with E-state index in [2.05, 4.69) is 25.6 Å². The van der Waals surface area contributed by atoms with Crippen molar-refractivity contribution in [1.82, 2.24) is 34.5 Å². The fourth-order valence-corrected chi connectivity index (χ4v) is 8.59. The molecule has 0 aliphatic carbocycles. The number of aromatic nitrogens is 4. The van der Waals surface area contributed by atoms with Crippen LogP contribution in [0.4, 0.5) is 11.6 Å². The number of fused-ring (bicyclic) bond motifs is 1.